The first-order valence-corrected chi connectivity index (χ1v) is 12.5. The number of aromatic nitrogens is 6. The zero-order valence-electron chi connectivity index (χ0n) is 21.6. The monoisotopic (exact) mass is 491 g/mol. The molecule has 1 aliphatic heterocycles. The van der Waals surface area contributed by atoms with Gasteiger partial charge in [0.2, 0.25) is 5.91 Å². The topological polar surface area (TPSA) is 98.5 Å². The molecule has 1 aliphatic rings. The van der Waals surface area contributed by atoms with Crippen molar-refractivity contribution in [3.63, 3.8) is 0 Å². The van der Waals surface area contributed by atoms with Gasteiger partial charge in [-0.05, 0) is 44.0 Å². The van der Waals surface area contributed by atoms with E-state index in [0.717, 1.165) is 39.4 Å². The Labute approximate surface area is 215 Å². The van der Waals surface area contributed by atoms with Crippen molar-refractivity contribution in [3.8, 4) is 22.6 Å². The average Bonchev–Trinajstić information content (AvgIpc) is 3.45. The molecule has 5 aromatic rings. The van der Waals surface area contributed by atoms with Gasteiger partial charge < -0.3 is 9.88 Å². The van der Waals surface area contributed by atoms with Crippen LogP contribution in [0.5, 0.6) is 0 Å². The number of benzene rings is 2. The lowest BCUT2D eigenvalue weighted by Gasteiger charge is -2.23. The Morgan fingerprint density at radius 2 is 1.68 bits per heavy atom. The lowest BCUT2D eigenvalue weighted by Crippen LogP contribution is -2.32. The molecule has 186 valence electrons. The van der Waals surface area contributed by atoms with Crippen molar-refractivity contribution < 1.29 is 4.79 Å². The molecule has 37 heavy (non-hydrogen) atoms. The van der Waals surface area contributed by atoms with Gasteiger partial charge in [0.1, 0.15) is 29.2 Å². The number of nitrogens with zero attached hydrogens (tertiary/aromatic N) is 6. The van der Waals surface area contributed by atoms with Crippen molar-refractivity contribution in [3.05, 3.63) is 84.2 Å². The van der Waals surface area contributed by atoms with E-state index in [1.807, 2.05) is 80.8 Å². The highest BCUT2D eigenvalue weighted by Gasteiger charge is 2.44. The number of hydrogen-bond acceptors (Lipinski definition) is 6. The third-order valence-corrected chi connectivity index (χ3v) is 6.77. The predicted octanol–water partition coefficient (Wildman–Crippen LogP) is 5.56. The quantitative estimate of drug-likeness (QED) is 0.353. The molecule has 0 saturated carbocycles. The van der Waals surface area contributed by atoms with Crippen LogP contribution in [0.25, 0.3) is 33.8 Å². The van der Waals surface area contributed by atoms with Gasteiger partial charge >= 0.3 is 0 Å². The molecule has 4 heterocycles. The fourth-order valence-corrected chi connectivity index (χ4v) is 4.82. The second-order valence-corrected chi connectivity index (χ2v) is 8.80. The Balaban J connectivity index is 0.00000137. The van der Waals surface area contributed by atoms with Crippen LogP contribution in [0.15, 0.2) is 67.3 Å². The van der Waals surface area contributed by atoms with Gasteiger partial charge in [-0.15, -0.1) is 0 Å². The molecule has 8 nitrogen and oxygen atoms in total. The normalized spacial score (nSPS) is 16.2. The summed E-state index contributed by atoms with van der Waals surface area (Å²) >= 11 is 0. The number of carbonyl (C=O) groups excluding carboxylic acids is 1. The molecule has 0 fully saturated rings. The molecule has 6 rings (SSSR count). The number of anilines is 1. The van der Waals surface area contributed by atoms with Crippen molar-refractivity contribution in [2.24, 2.45) is 0 Å². The van der Waals surface area contributed by atoms with Crippen molar-refractivity contribution >= 4 is 22.8 Å². The van der Waals surface area contributed by atoms with Crippen LogP contribution < -0.4 is 5.32 Å². The van der Waals surface area contributed by atoms with Gasteiger partial charge in [0, 0.05) is 30.2 Å². The Kier molecular flexibility index (Phi) is 6.25. The number of carbonyl (C=O) groups is 1. The van der Waals surface area contributed by atoms with Gasteiger partial charge in [-0.25, -0.2) is 24.9 Å². The maximum absolute atomic E-state index is 13.1. The number of amides is 1. The minimum atomic E-state index is -0.800. The summed E-state index contributed by atoms with van der Waals surface area (Å²) in [6.45, 7) is 10.6. The molecule has 1 atom stereocenters. The summed E-state index contributed by atoms with van der Waals surface area (Å²) in [6, 6.07) is 15.8. The molecular weight excluding hydrogens is 462 g/mol. The van der Waals surface area contributed by atoms with Crippen molar-refractivity contribution in [1.29, 1.82) is 0 Å². The van der Waals surface area contributed by atoms with Gasteiger partial charge in [0.05, 0.1) is 11.0 Å². The molecule has 1 unspecified atom stereocenters. The number of hydrogen-bond donors (Lipinski definition) is 1. The van der Waals surface area contributed by atoms with E-state index >= 15 is 0 Å². The highest BCUT2D eigenvalue weighted by atomic mass is 16.2. The first kappa shape index (κ1) is 24.2. The van der Waals surface area contributed by atoms with E-state index in [9.17, 15) is 4.79 Å². The molecule has 0 aliphatic carbocycles. The second-order valence-electron chi connectivity index (χ2n) is 8.80. The highest BCUT2D eigenvalue weighted by Crippen LogP contribution is 2.44. The lowest BCUT2D eigenvalue weighted by molar-refractivity contribution is -0.119. The maximum atomic E-state index is 13.1. The van der Waals surface area contributed by atoms with Gasteiger partial charge in [-0.2, -0.15) is 0 Å². The minimum absolute atomic E-state index is 0.0411. The van der Waals surface area contributed by atoms with Crippen molar-refractivity contribution in [2.75, 3.05) is 5.32 Å². The summed E-state index contributed by atoms with van der Waals surface area (Å²) in [4.78, 5) is 35.9. The number of nitrogens with one attached hydrogen (secondary N) is 1. The summed E-state index contributed by atoms with van der Waals surface area (Å²) in [5, 5.41) is 3.05. The zero-order chi connectivity index (χ0) is 26.2. The average molecular weight is 492 g/mol. The molecule has 2 aromatic carbocycles. The summed E-state index contributed by atoms with van der Waals surface area (Å²) in [7, 11) is 0. The van der Waals surface area contributed by atoms with Gasteiger partial charge in [0.15, 0.2) is 5.65 Å². The summed E-state index contributed by atoms with van der Waals surface area (Å²) < 4.78 is 2.04. The van der Waals surface area contributed by atoms with E-state index in [1.54, 1.807) is 18.7 Å². The summed E-state index contributed by atoms with van der Waals surface area (Å²) in [5.41, 5.74) is 5.73. The van der Waals surface area contributed by atoms with E-state index in [2.05, 4.69) is 32.2 Å². The molecule has 1 amide bonds. The fraction of sp³-hybridized carbons (Fsp3) is 0.241. The molecular formula is C29H29N7O. The Morgan fingerprint density at radius 3 is 2.38 bits per heavy atom. The number of fused-ring (bicyclic) bond motifs is 2. The molecule has 1 N–H and O–H groups in total. The fourth-order valence-electron chi connectivity index (χ4n) is 4.82. The van der Waals surface area contributed by atoms with Crippen molar-refractivity contribution in [1.82, 2.24) is 29.5 Å². The SMILES string of the molecule is CC.CCn1c(-c2cnc(C)nc2)nc2c(-c3ccc4c(c3)C(C)(c3ccccc3)C(=O)N4)ncnc21. The van der Waals surface area contributed by atoms with E-state index in [1.165, 1.54) is 0 Å². The third-order valence-electron chi connectivity index (χ3n) is 6.77. The number of aryl methyl sites for hydroxylation is 2. The second kappa shape index (κ2) is 9.54. The largest absolute Gasteiger partial charge is 0.325 e. The van der Waals surface area contributed by atoms with E-state index in [4.69, 9.17) is 4.98 Å². The lowest BCUT2D eigenvalue weighted by atomic mass is 9.77. The van der Waals surface area contributed by atoms with Crippen LogP contribution in [0.3, 0.4) is 0 Å². The first-order valence-electron chi connectivity index (χ1n) is 12.5. The summed E-state index contributed by atoms with van der Waals surface area (Å²) in [6.07, 6.45) is 5.12. The van der Waals surface area contributed by atoms with Crippen LogP contribution in [0.4, 0.5) is 5.69 Å². The molecule has 3 aromatic heterocycles. The van der Waals surface area contributed by atoms with Crippen LogP contribution in [-0.2, 0) is 16.8 Å². The minimum Gasteiger partial charge on any atom is -0.325 e. The van der Waals surface area contributed by atoms with E-state index in [-0.39, 0.29) is 5.91 Å². The predicted molar refractivity (Wildman–Crippen MR) is 145 cm³/mol. The smallest absolute Gasteiger partial charge is 0.239 e. The van der Waals surface area contributed by atoms with Crippen LogP contribution in [0.1, 0.15) is 44.6 Å². The molecule has 0 saturated heterocycles. The van der Waals surface area contributed by atoms with Gasteiger partial charge in [0.25, 0.3) is 0 Å². The molecule has 8 heteroatoms. The number of imidazole rings is 1. The summed E-state index contributed by atoms with van der Waals surface area (Å²) in [5.74, 6) is 1.41. The van der Waals surface area contributed by atoms with E-state index in [0.29, 0.717) is 23.6 Å². The third kappa shape index (κ3) is 3.85. The number of rotatable bonds is 4. The van der Waals surface area contributed by atoms with Crippen LogP contribution in [0.2, 0.25) is 0 Å². The Hall–Kier alpha value is -4.46. The van der Waals surface area contributed by atoms with Gasteiger partial charge in [-0.3, -0.25) is 4.79 Å². The van der Waals surface area contributed by atoms with Crippen LogP contribution in [0, 0.1) is 6.92 Å². The maximum Gasteiger partial charge on any atom is 0.239 e. The molecule has 0 radical (unpaired) electrons. The van der Waals surface area contributed by atoms with Crippen molar-refractivity contribution in [2.45, 2.75) is 46.6 Å². The standard InChI is InChI=1S/C27H23N7O.C2H6/c1-4-34-24(18-13-28-16(2)29-14-18)33-23-22(30-15-31-25(23)34)17-10-11-21-20(12-17)27(3,26(35)32-21)19-8-6-5-7-9-19;1-2/h5-15H,4H2,1-3H3,(H,32,35);1-2H3. The molecule has 0 bridgehead atoms. The first-order chi connectivity index (χ1) is 18.0. The molecule has 0 spiro atoms. The van der Waals surface area contributed by atoms with Crippen LogP contribution >= 0.6 is 0 Å². The van der Waals surface area contributed by atoms with E-state index < -0.39 is 5.41 Å². The Bertz CT molecular complexity index is 1590. The zero-order valence-corrected chi connectivity index (χ0v) is 21.6. The highest BCUT2D eigenvalue weighted by molar-refractivity contribution is 6.09. The van der Waals surface area contributed by atoms with Crippen LogP contribution in [-0.4, -0.2) is 35.4 Å². The Morgan fingerprint density at radius 1 is 0.946 bits per heavy atom. The van der Waals surface area contributed by atoms with Gasteiger partial charge in [-0.1, -0.05) is 50.2 Å².